The van der Waals surface area contributed by atoms with E-state index < -0.39 is 0 Å². The van der Waals surface area contributed by atoms with Gasteiger partial charge in [-0.15, -0.1) is 0 Å². The molecule has 5 heteroatoms. The van der Waals surface area contributed by atoms with E-state index in [9.17, 15) is 4.79 Å². The number of hydrogen-bond donors (Lipinski definition) is 1. The third-order valence-electron chi connectivity index (χ3n) is 3.25. The number of carbonyl (C=O) groups excluding carboxylic acids is 1. The van der Waals surface area contributed by atoms with Crippen molar-refractivity contribution in [2.24, 2.45) is 0 Å². The van der Waals surface area contributed by atoms with Crippen molar-refractivity contribution in [3.05, 3.63) is 62.5 Å². The van der Waals surface area contributed by atoms with Gasteiger partial charge in [-0.1, -0.05) is 28.1 Å². The first-order chi connectivity index (χ1) is 10.5. The number of benzene rings is 2. The number of halogens is 2. The van der Waals surface area contributed by atoms with E-state index in [1.54, 1.807) is 13.2 Å². The third-order valence-corrected chi connectivity index (χ3v) is 4.47. The van der Waals surface area contributed by atoms with Crippen LogP contribution in [0.5, 0.6) is 5.75 Å². The van der Waals surface area contributed by atoms with Crippen molar-refractivity contribution in [3.63, 3.8) is 0 Å². The molecule has 0 aliphatic rings. The summed E-state index contributed by atoms with van der Waals surface area (Å²) in [6, 6.07) is 13.5. The van der Waals surface area contributed by atoms with Gasteiger partial charge in [0.25, 0.3) is 5.91 Å². The molecule has 0 unspecified atom stereocenters. The Morgan fingerprint density at radius 1 is 1.18 bits per heavy atom. The SMILES string of the molecule is COc1ccc(Br)c(C(=O)N[C@@H](C)Cc2ccc(Br)cc2)c1. The molecule has 0 aliphatic carbocycles. The van der Waals surface area contributed by atoms with Crippen molar-refractivity contribution in [1.29, 1.82) is 0 Å². The normalized spacial score (nSPS) is 11.8. The standard InChI is InChI=1S/C17H17Br2NO2/c1-11(9-12-3-5-13(18)6-4-12)20-17(21)15-10-14(22-2)7-8-16(15)19/h3-8,10-11H,9H2,1-2H3,(H,20,21)/t11-/m0/s1. The number of hydrogen-bond acceptors (Lipinski definition) is 2. The lowest BCUT2D eigenvalue weighted by molar-refractivity contribution is 0.0939. The molecule has 2 aromatic carbocycles. The van der Waals surface area contributed by atoms with Crippen LogP contribution in [0.15, 0.2) is 51.4 Å². The lowest BCUT2D eigenvalue weighted by atomic mass is 10.1. The van der Waals surface area contributed by atoms with Crippen molar-refractivity contribution < 1.29 is 9.53 Å². The van der Waals surface area contributed by atoms with Gasteiger partial charge >= 0.3 is 0 Å². The minimum absolute atomic E-state index is 0.0341. The molecular formula is C17H17Br2NO2. The summed E-state index contributed by atoms with van der Waals surface area (Å²) >= 11 is 6.82. The van der Waals surface area contributed by atoms with E-state index in [-0.39, 0.29) is 11.9 Å². The second-order valence-electron chi connectivity index (χ2n) is 5.05. The highest BCUT2D eigenvalue weighted by atomic mass is 79.9. The monoisotopic (exact) mass is 425 g/mol. The summed E-state index contributed by atoms with van der Waals surface area (Å²) in [6.07, 6.45) is 0.778. The Hall–Kier alpha value is -1.33. The molecule has 0 aliphatic heterocycles. The molecule has 0 bridgehead atoms. The van der Waals surface area contributed by atoms with E-state index in [0.29, 0.717) is 11.3 Å². The topological polar surface area (TPSA) is 38.3 Å². The molecule has 116 valence electrons. The molecule has 1 amide bonds. The highest BCUT2D eigenvalue weighted by Gasteiger charge is 2.14. The lowest BCUT2D eigenvalue weighted by Gasteiger charge is -2.15. The molecule has 1 N–H and O–H groups in total. The highest BCUT2D eigenvalue weighted by molar-refractivity contribution is 9.10. The van der Waals surface area contributed by atoms with Gasteiger partial charge in [-0.05, 0) is 65.2 Å². The maximum Gasteiger partial charge on any atom is 0.252 e. The summed E-state index contributed by atoms with van der Waals surface area (Å²) in [6.45, 7) is 1.99. The molecule has 2 aromatic rings. The van der Waals surface area contributed by atoms with Crippen molar-refractivity contribution in [3.8, 4) is 5.75 Å². The zero-order valence-electron chi connectivity index (χ0n) is 12.4. The largest absolute Gasteiger partial charge is 0.497 e. The van der Waals surface area contributed by atoms with Crippen LogP contribution in [0, 0.1) is 0 Å². The van der Waals surface area contributed by atoms with Crippen LogP contribution in [-0.4, -0.2) is 19.1 Å². The minimum Gasteiger partial charge on any atom is -0.497 e. The van der Waals surface area contributed by atoms with Gasteiger partial charge in [-0.25, -0.2) is 0 Å². The molecule has 0 aromatic heterocycles. The zero-order chi connectivity index (χ0) is 16.1. The van der Waals surface area contributed by atoms with Crippen LogP contribution in [-0.2, 0) is 6.42 Å². The number of nitrogens with one attached hydrogen (secondary N) is 1. The predicted octanol–water partition coefficient (Wildman–Crippen LogP) is 4.58. The Morgan fingerprint density at radius 3 is 2.50 bits per heavy atom. The van der Waals surface area contributed by atoms with Crippen molar-refractivity contribution >= 4 is 37.8 Å². The predicted molar refractivity (Wildman–Crippen MR) is 95.5 cm³/mol. The van der Waals surface area contributed by atoms with E-state index in [1.165, 1.54) is 5.56 Å². The summed E-state index contributed by atoms with van der Waals surface area (Å²) in [4.78, 5) is 12.4. The molecule has 1 atom stereocenters. The Balaban J connectivity index is 2.03. The first-order valence-electron chi connectivity index (χ1n) is 6.88. The second-order valence-corrected chi connectivity index (χ2v) is 6.82. The number of carbonyl (C=O) groups is 1. The van der Waals surface area contributed by atoms with Crippen LogP contribution in [0.2, 0.25) is 0 Å². The molecule has 0 spiro atoms. The number of rotatable bonds is 5. The van der Waals surface area contributed by atoms with Gasteiger partial charge < -0.3 is 10.1 Å². The van der Waals surface area contributed by atoms with Crippen LogP contribution in [0.3, 0.4) is 0 Å². The Morgan fingerprint density at radius 2 is 1.86 bits per heavy atom. The summed E-state index contributed by atoms with van der Waals surface area (Å²) in [5.41, 5.74) is 1.75. The average Bonchev–Trinajstić information content (AvgIpc) is 2.50. The Bertz CT molecular complexity index is 656. The van der Waals surface area contributed by atoms with Crippen LogP contribution in [0.1, 0.15) is 22.8 Å². The molecule has 3 nitrogen and oxygen atoms in total. The fourth-order valence-electron chi connectivity index (χ4n) is 2.13. The minimum atomic E-state index is -0.115. The summed E-state index contributed by atoms with van der Waals surface area (Å²) in [7, 11) is 1.58. The van der Waals surface area contributed by atoms with Gasteiger partial charge in [0.05, 0.1) is 12.7 Å². The third kappa shape index (κ3) is 4.58. The van der Waals surface area contributed by atoms with Gasteiger partial charge in [0.15, 0.2) is 0 Å². The smallest absolute Gasteiger partial charge is 0.252 e. The summed E-state index contributed by atoms with van der Waals surface area (Å²) < 4.78 is 6.97. The second kappa shape index (κ2) is 7.79. The van der Waals surface area contributed by atoms with Gasteiger partial charge in [0, 0.05) is 15.0 Å². The van der Waals surface area contributed by atoms with Crippen molar-refractivity contribution in [2.75, 3.05) is 7.11 Å². The molecular weight excluding hydrogens is 410 g/mol. The zero-order valence-corrected chi connectivity index (χ0v) is 15.6. The molecule has 2 rings (SSSR count). The van der Waals surface area contributed by atoms with E-state index in [2.05, 4.69) is 37.2 Å². The first-order valence-corrected chi connectivity index (χ1v) is 8.47. The maximum atomic E-state index is 12.4. The van der Waals surface area contributed by atoms with Gasteiger partial charge in [0.1, 0.15) is 5.75 Å². The molecule has 0 saturated carbocycles. The van der Waals surface area contributed by atoms with E-state index >= 15 is 0 Å². The van der Waals surface area contributed by atoms with Gasteiger partial charge in [0.2, 0.25) is 0 Å². The molecule has 0 saturated heterocycles. The quantitative estimate of drug-likeness (QED) is 0.759. The maximum absolute atomic E-state index is 12.4. The van der Waals surface area contributed by atoms with Gasteiger partial charge in [-0.2, -0.15) is 0 Å². The van der Waals surface area contributed by atoms with Crippen LogP contribution < -0.4 is 10.1 Å². The fourth-order valence-corrected chi connectivity index (χ4v) is 2.82. The molecule has 0 heterocycles. The highest BCUT2D eigenvalue weighted by Crippen LogP contribution is 2.22. The lowest BCUT2D eigenvalue weighted by Crippen LogP contribution is -2.34. The van der Waals surface area contributed by atoms with E-state index in [0.717, 1.165) is 15.4 Å². The Labute approximate surface area is 147 Å². The van der Waals surface area contributed by atoms with E-state index in [1.807, 2.05) is 43.3 Å². The molecule has 0 radical (unpaired) electrons. The van der Waals surface area contributed by atoms with Crippen LogP contribution in [0.4, 0.5) is 0 Å². The fraction of sp³-hybridized carbons (Fsp3) is 0.235. The average molecular weight is 427 g/mol. The summed E-state index contributed by atoms with van der Waals surface area (Å²) in [5.74, 6) is 0.546. The molecule has 22 heavy (non-hydrogen) atoms. The summed E-state index contributed by atoms with van der Waals surface area (Å²) in [5, 5.41) is 3.02. The van der Waals surface area contributed by atoms with Crippen LogP contribution in [0.25, 0.3) is 0 Å². The first kappa shape index (κ1) is 17.0. The molecule has 0 fully saturated rings. The Kier molecular flexibility index (Phi) is 6.03. The van der Waals surface area contributed by atoms with Crippen LogP contribution >= 0.6 is 31.9 Å². The number of methoxy groups -OCH3 is 1. The van der Waals surface area contributed by atoms with Gasteiger partial charge in [-0.3, -0.25) is 4.79 Å². The number of amides is 1. The van der Waals surface area contributed by atoms with Crippen molar-refractivity contribution in [2.45, 2.75) is 19.4 Å². The van der Waals surface area contributed by atoms with Crippen molar-refractivity contribution in [1.82, 2.24) is 5.32 Å². The van der Waals surface area contributed by atoms with E-state index in [4.69, 9.17) is 4.74 Å². The number of ether oxygens (including phenoxy) is 1.